The molecule has 1 aliphatic rings. The first kappa shape index (κ1) is 18.3. The molecule has 0 spiro atoms. The number of carbonyl (C=O) groups excluding carboxylic acids is 1. The fourth-order valence-corrected chi connectivity index (χ4v) is 3.25. The summed E-state index contributed by atoms with van der Waals surface area (Å²) in [5.74, 6) is 1.51. The van der Waals surface area contributed by atoms with E-state index in [4.69, 9.17) is 9.47 Å². The summed E-state index contributed by atoms with van der Waals surface area (Å²) in [4.78, 5) is 14.7. The first-order valence-corrected chi connectivity index (χ1v) is 8.93. The molecule has 5 nitrogen and oxygen atoms in total. The van der Waals surface area contributed by atoms with E-state index in [1.165, 1.54) is 5.56 Å². The van der Waals surface area contributed by atoms with Gasteiger partial charge in [-0.1, -0.05) is 24.3 Å². The van der Waals surface area contributed by atoms with Crippen molar-refractivity contribution in [2.24, 2.45) is 0 Å². The van der Waals surface area contributed by atoms with Crippen molar-refractivity contribution in [2.75, 3.05) is 33.4 Å². The molecule has 2 aromatic carbocycles. The molecule has 1 amide bonds. The Kier molecular flexibility index (Phi) is 5.78. The topological polar surface area (TPSA) is 50.8 Å². The quantitative estimate of drug-likeness (QED) is 0.897. The van der Waals surface area contributed by atoms with Crippen LogP contribution in [0.4, 0.5) is 0 Å². The molecule has 1 atom stereocenters. The first-order chi connectivity index (χ1) is 12.6. The third-order valence-corrected chi connectivity index (χ3v) is 4.90. The van der Waals surface area contributed by atoms with Crippen molar-refractivity contribution in [3.05, 3.63) is 59.2 Å². The van der Waals surface area contributed by atoms with Gasteiger partial charge in [0.1, 0.15) is 11.5 Å². The third kappa shape index (κ3) is 3.99. The highest BCUT2D eigenvalue weighted by Gasteiger charge is 2.29. The normalized spacial score (nSPS) is 17.0. The van der Waals surface area contributed by atoms with Gasteiger partial charge >= 0.3 is 0 Å². The molecule has 1 saturated heterocycles. The maximum absolute atomic E-state index is 12.8. The number of hydrogen-bond acceptors (Lipinski definition) is 4. The highest BCUT2D eigenvalue weighted by atomic mass is 16.5. The molecule has 3 rings (SSSR count). The number of aryl methyl sites for hydroxylation is 2. The van der Waals surface area contributed by atoms with E-state index in [9.17, 15) is 4.79 Å². The highest BCUT2D eigenvalue weighted by Crippen LogP contribution is 2.30. The summed E-state index contributed by atoms with van der Waals surface area (Å²) in [6.07, 6.45) is 0. The van der Waals surface area contributed by atoms with E-state index in [1.54, 1.807) is 7.11 Å². The minimum absolute atomic E-state index is 0.0133. The minimum Gasteiger partial charge on any atom is -0.496 e. The summed E-state index contributed by atoms with van der Waals surface area (Å²) < 4.78 is 11.2. The Morgan fingerprint density at radius 2 is 2.00 bits per heavy atom. The molecule has 1 fully saturated rings. The molecule has 0 bridgehead atoms. The van der Waals surface area contributed by atoms with Crippen LogP contribution in [0.2, 0.25) is 0 Å². The van der Waals surface area contributed by atoms with Crippen LogP contribution in [0.5, 0.6) is 11.5 Å². The molecule has 0 aromatic heterocycles. The van der Waals surface area contributed by atoms with Crippen LogP contribution in [0.25, 0.3) is 0 Å². The van der Waals surface area contributed by atoms with Gasteiger partial charge in [0.05, 0.1) is 13.2 Å². The molecular formula is C21H26N2O3. The molecule has 5 heteroatoms. The number of carbonyl (C=O) groups is 1. The second-order valence-corrected chi connectivity index (χ2v) is 6.58. The summed E-state index contributed by atoms with van der Waals surface area (Å²) in [5.41, 5.74) is 3.38. The number of nitrogens with one attached hydrogen (secondary N) is 1. The molecule has 1 aliphatic heterocycles. The van der Waals surface area contributed by atoms with E-state index < -0.39 is 0 Å². The van der Waals surface area contributed by atoms with Crippen molar-refractivity contribution in [1.82, 2.24) is 10.2 Å². The van der Waals surface area contributed by atoms with E-state index in [2.05, 4.69) is 12.2 Å². The standard InChI is InChI=1S/C21H26N2O3/c1-15-8-9-17(12-16(15)2)26-14-21(24)23-11-10-22-13-19(23)18-6-4-5-7-20(18)25-3/h4-9,12,19,22H,10-11,13-14H2,1-3H3. The molecule has 2 aromatic rings. The van der Waals surface area contributed by atoms with Crippen LogP contribution in [0.3, 0.4) is 0 Å². The van der Waals surface area contributed by atoms with Gasteiger partial charge in [0.25, 0.3) is 5.91 Å². The Morgan fingerprint density at radius 3 is 2.77 bits per heavy atom. The summed E-state index contributed by atoms with van der Waals surface area (Å²) in [6.45, 7) is 6.27. The zero-order valence-electron chi connectivity index (χ0n) is 15.6. The average Bonchev–Trinajstić information content (AvgIpc) is 2.68. The largest absolute Gasteiger partial charge is 0.496 e. The van der Waals surface area contributed by atoms with E-state index in [0.29, 0.717) is 13.1 Å². The second kappa shape index (κ2) is 8.23. The Bertz CT molecular complexity index is 776. The number of ether oxygens (including phenoxy) is 2. The third-order valence-electron chi connectivity index (χ3n) is 4.90. The number of para-hydroxylation sites is 1. The van der Waals surface area contributed by atoms with Gasteiger partial charge < -0.3 is 19.7 Å². The monoisotopic (exact) mass is 354 g/mol. The number of methoxy groups -OCH3 is 1. The van der Waals surface area contributed by atoms with E-state index in [-0.39, 0.29) is 18.6 Å². The number of amides is 1. The molecule has 1 N–H and O–H groups in total. The molecule has 1 heterocycles. The number of rotatable bonds is 5. The van der Waals surface area contributed by atoms with Gasteiger partial charge in [-0.3, -0.25) is 4.79 Å². The van der Waals surface area contributed by atoms with Crippen molar-refractivity contribution >= 4 is 5.91 Å². The Labute approximate surface area is 154 Å². The maximum Gasteiger partial charge on any atom is 0.261 e. The molecule has 0 aliphatic carbocycles. The van der Waals surface area contributed by atoms with Gasteiger partial charge in [-0.05, 0) is 43.2 Å². The molecule has 0 radical (unpaired) electrons. The van der Waals surface area contributed by atoms with Crippen LogP contribution in [0.15, 0.2) is 42.5 Å². The minimum atomic E-state index is -0.0595. The van der Waals surface area contributed by atoms with Crippen molar-refractivity contribution in [3.63, 3.8) is 0 Å². The lowest BCUT2D eigenvalue weighted by Crippen LogP contribution is -2.50. The van der Waals surface area contributed by atoms with Crippen LogP contribution in [0, 0.1) is 13.8 Å². The van der Waals surface area contributed by atoms with Crippen LogP contribution in [0.1, 0.15) is 22.7 Å². The SMILES string of the molecule is COc1ccccc1C1CNCCN1C(=O)COc1ccc(C)c(C)c1. The Hall–Kier alpha value is -2.53. The van der Waals surface area contributed by atoms with Gasteiger partial charge in [0.2, 0.25) is 0 Å². The Balaban J connectivity index is 1.72. The van der Waals surface area contributed by atoms with Crippen molar-refractivity contribution < 1.29 is 14.3 Å². The van der Waals surface area contributed by atoms with Crippen molar-refractivity contribution in [2.45, 2.75) is 19.9 Å². The number of piperazine rings is 1. The van der Waals surface area contributed by atoms with Crippen LogP contribution in [-0.2, 0) is 4.79 Å². The van der Waals surface area contributed by atoms with Crippen molar-refractivity contribution in [3.8, 4) is 11.5 Å². The van der Waals surface area contributed by atoms with Gasteiger partial charge in [0, 0.05) is 25.2 Å². The lowest BCUT2D eigenvalue weighted by molar-refractivity contribution is -0.136. The number of nitrogens with zero attached hydrogens (tertiary/aromatic N) is 1. The summed E-state index contributed by atoms with van der Waals surface area (Å²) in [7, 11) is 1.66. The van der Waals surface area contributed by atoms with Gasteiger partial charge in [-0.15, -0.1) is 0 Å². The zero-order chi connectivity index (χ0) is 18.5. The molecule has 1 unspecified atom stereocenters. The smallest absolute Gasteiger partial charge is 0.261 e. The van der Waals surface area contributed by atoms with Gasteiger partial charge in [-0.2, -0.15) is 0 Å². The van der Waals surface area contributed by atoms with Crippen LogP contribution < -0.4 is 14.8 Å². The molecular weight excluding hydrogens is 328 g/mol. The lowest BCUT2D eigenvalue weighted by atomic mass is 10.0. The van der Waals surface area contributed by atoms with Gasteiger partial charge in [0.15, 0.2) is 6.61 Å². The van der Waals surface area contributed by atoms with Crippen molar-refractivity contribution in [1.29, 1.82) is 0 Å². The van der Waals surface area contributed by atoms with E-state index >= 15 is 0 Å². The predicted molar refractivity (Wildman–Crippen MR) is 102 cm³/mol. The highest BCUT2D eigenvalue weighted by molar-refractivity contribution is 5.78. The predicted octanol–water partition coefficient (Wildman–Crippen LogP) is 2.86. The van der Waals surface area contributed by atoms with E-state index in [0.717, 1.165) is 29.2 Å². The maximum atomic E-state index is 12.8. The van der Waals surface area contributed by atoms with Gasteiger partial charge in [-0.25, -0.2) is 0 Å². The zero-order valence-corrected chi connectivity index (χ0v) is 15.6. The Morgan fingerprint density at radius 1 is 1.19 bits per heavy atom. The number of benzene rings is 2. The summed E-state index contributed by atoms with van der Waals surface area (Å²) in [5, 5.41) is 3.37. The molecule has 138 valence electrons. The van der Waals surface area contributed by atoms with Crippen LogP contribution in [-0.4, -0.2) is 44.2 Å². The summed E-state index contributed by atoms with van der Waals surface area (Å²) in [6, 6.07) is 13.7. The first-order valence-electron chi connectivity index (χ1n) is 8.93. The summed E-state index contributed by atoms with van der Waals surface area (Å²) >= 11 is 0. The number of hydrogen-bond donors (Lipinski definition) is 1. The van der Waals surface area contributed by atoms with Crippen LogP contribution >= 0.6 is 0 Å². The lowest BCUT2D eigenvalue weighted by Gasteiger charge is -2.37. The molecule has 26 heavy (non-hydrogen) atoms. The second-order valence-electron chi connectivity index (χ2n) is 6.58. The fraction of sp³-hybridized carbons (Fsp3) is 0.381. The van der Waals surface area contributed by atoms with E-state index in [1.807, 2.05) is 54.3 Å². The molecule has 0 saturated carbocycles. The fourth-order valence-electron chi connectivity index (χ4n) is 3.25. The average molecular weight is 354 g/mol.